The SMILES string of the molecule is CC(C)(C)c1ccc2oc(-c3cc(F)ccc3F)nc2c1. The molecule has 0 bridgehead atoms. The molecule has 0 N–H and O–H groups in total. The van der Waals surface area contributed by atoms with Crippen LogP contribution in [-0.2, 0) is 5.41 Å². The lowest BCUT2D eigenvalue weighted by Gasteiger charge is -2.18. The van der Waals surface area contributed by atoms with E-state index in [9.17, 15) is 8.78 Å². The van der Waals surface area contributed by atoms with Crippen LogP contribution >= 0.6 is 0 Å². The molecule has 0 radical (unpaired) electrons. The molecule has 0 saturated heterocycles. The summed E-state index contributed by atoms with van der Waals surface area (Å²) in [5.41, 5.74) is 2.32. The maximum absolute atomic E-state index is 13.8. The van der Waals surface area contributed by atoms with Crippen molar-refractivity contribution in [1.82, 2.24) is 4.98 Å². The van der Waals surface area contributed by atoms with Gasteiger partial charge in [0.25, 0.3) is 0 Å². The molecule has 1 aromatic heterocycles. The molecule has 0 aliphatic rings. The number of halogens is 2. The molecule has 3 aromatic rings. The van der Waals surface area contributed by atoms with Crippen molar-refractivity contribution in [2.24, 2.45) is 0 Å². The summed E-state index contributed by atoms with van der Waals surface area (Å²) in [4.78, 5) is 4.29. The number of hydrogen-bond donors (Lipinski definition) is 0. The van der Waals surface area contributed by atoms with Crippen molar-refractivity contribution < 1.29 is 13.2 Å². The Bertz CT molecular complexity index is 815. The summed E-state index contributed by atoms with van der Waals surface area (Å²) in [5, 5.41) is 0. The zero-order valence-electron chi connectivity index (χ0n) is 12.1. The monoisotopic (exact) mass is 287 g/mol. The molecule has 0 saturated carbocycles. The van der Waals surface area contributed by atoms with Gasteiger partial charge in [-0.2, -0.15) is 0 Å². The fraction of sp³-hybridized carbons (Fsp3) is 0.235. The van der Waals surface area contributed by atoms with Crippen molar-refractivity contribution >= 4 is 11.1 Å². The Labute approximate surface area is 121 Å². The van der Waals surface area contributed by atoms with Gasteiger partial charge in [0.05, 0.1) is 5.56 Å². The summed E-state index contributed by atoms with van der Waals surface area (Å²) in [6, 6.07) is 8.91. The Balaban J connectivity index is 2.15. The van der Waals surface area contributed by atoms with Crippen LogP contribution in [0.25, 0.3) is 22.6 Å². The zero-order chi connectivity index (χ0) is 15.2. The second kappa shape index (κ2) is 4.65. The van der Waals surface area contributed by atoms with Crippen LogP contribution in [0.5, 0.6) is 0 Å². The minimum atomic E-state index is -0.556. The van der Waals surface area contributed by atoms with Gasteiger partial charge in [0.2, 0.25) is 5.89 Å². The van der Waals surface area contributed by atoms with E-state index < -0.39 is 11.6 Å². The average molecular weight is 287 g/mol. The first-order chi connectivity index (χ1) is 9.84. The Hall–Kier alpha value is -2.23. The number of nitrogens with zero attached hydrogens (tertiary/aromatic N) is 1. The maximum Gasteiger partial charge on any atom is 0.230 e. The van der Waals surface area contributed by atoms with Gasteiger partial charge in [-0.15, -0.1) is 0 Å². The van der Waals surface area contributed by atoms with Crippen LogP contribution < -0.4 is 0 Å². The van der Waals surface area contributed by atoms with E-state index in [-0.39, 0.29) is 16.9 Å². The molecule has 2 nitrogen and oxygen atoms in total. The quantitative estimate of drug-likeness (QED) is 0.624. The summed E-state index contributed by atoms with van der Waals surface area (Å²) >= 11 is 0. The normalized spacial score (nSPS) is 12.0. The van der Waals surface area contributed by atoms with Crippen LogP contribution in [0.15, 0.2) is 40.8 Å². The molecule has 0 spiro atoms. The highest BCUT2D eigenvalue weighted by Gasteiger charge is 2.17. The van der Waals surface area contributed by atoms with Gasteiger partial charge in [0.15, 0.2) is 5.58 Å². The van der Waals surface area contributed by atoms with Crippen molar-refractivity contribution in [1.29, 1.82) is 0 Å². The third-order valence-corrected chi connectivity index (χ3v) is 3.41. The van der Waals surface area contributed by atoms with Gasteiger partial charge in [0, 0.05) is 0 Å². The highest BCUT2D eigenvalue weighted by atomic mass is 19.1. The van der Waals surface area contributed by atoms with Crippen LogP contribution in [0.2, 0.25) is 0 Å². The van der Waals surface area contributed by atoms with Crippen molar-refractivity contribution in [2.45, 2.75) is 26.2 Å². The first-order valence-corrected chi connectivity index (χ1v) is 6.71. The molecule has 2 aromatic carbocycles. The summed E-state index contributed by atoms with van der Waals surface area (Å²) in [6.07, 6.45) is 0. The number of rotatable bonds is 1. The van der Waals surface area contributed by atoms with Crippen LogP contribution in [0, 0.1) is 11.6 Å². The van der Waals surface area contributed by atoms with Gasteiger partial charge >= 0.3 is 0 Å². The van der Waals surface area contributed by atoms with Gasteiger partial charge in [-0.05, 0) is 41.3 Å². The number of benzene rings is 2. The number of hydrogen-bond acceptors (Lipinski definition) is 2. The minimum absolute atomic E-state index is 0.0165. The predicted molar refractivity (Wildman–Crippen MR) is 78.1 cm³/mol. The Morgan fingerprint density at radius 1 is 1.00 bits per heavy atom. The summed E-state index contributed by atoms with van der Waals surface area (Å²) in [7, 11) is 0. The fourth-order valence-electron chi connectivity index (χ4n) is 2.17. The molecular formula is C17H15F2NO. The highest BCUT2D eigenvalue weighted by molar-refractivity contribution is 5.77. The van der Waals surface area contributed by atoms with Gasteiger partial charge in [-0.25, -0.2) is 13.8 Å². The molecule has 21 heavy (non-hydrogen) atoms. The summed E-state index contributed by atoms with van der Waals surface area (Å²) in [6.45, 7) is 6.30. The van der Waals surface area contributed by atoms with Crippen molar-refractivity contribution in [3.05, 3.63) is 53.6 Å². The van der Waals surface area contributed by atoms with Crippen LogP contribution in [-0.4, -0.2) is 4.98 Å². The van der Waals surface area contributed by atoms with Crippen LogP contribution in [0.3, 0.4) is 0 Å². The van der Waals surface area contributed by atoms with E-state index in [1.807, 2.05) is 18.2 Å². The van der Waals surface area contributed by atoms with E-state index in [2.05, 4.69) is 25.8 Å². The number of fused-ring (bicyclic) bond motifs is 1. The second-order valence-corrected chi connectivity index (χ2v) is 6.08. The lowest BCUT2D eigenvalue weighted by molar-refractivity contribution is 0.579. The smallest absolute Gasteiger partial charge is 0.230 e. The standard InChI is InChI=1S/C17H15F2NO/c1-17(2,3)10-4-7-15-14(8-10)20-16(21-15)12-9-11(18)5-6-13(12)19/h4-9H,1-3H3. The third kappa shape index (κ3) is 2.53. The zero-order valence-corrected chi connectivity index (χ0v) is 12.1. The lowest BCUT2D eigenvalue weighted by atomic mass is 9.87. The molecule has 4 heteroatoms. The number of aromatic nitrogens is 1. The molecule has 3 rings (SSSR count). The van der Waals surface area contributed by atoms with E-state index in [4.69, 9.17) is 4.42 Å². The van der Waals surface area contributed by atoms with Crippen molar-refractivity contribution in [3.63, 3.8) is 0 Å². The van der Waals surface area contributed by atoms with Crippen molar-refractivity contribution in [3.8, 4) is 11.5 Å². The Kier molecular flexibility index (Phi) is 3.04. The van der Waals surface area contributed by atoms with Gasteiger partial charge in [-0.3, -0.25) is 0 Å². The van der Waals surface area contributed by atoms with Crippen LogP contribution in [0.4, 0.5) is 8.78 Å². The van der Waals surface area contributed by atoms with E-state index in [0.29, 0.717) is 11.1 Å². The minimum Gasteiger partial charge on any atom is -0.436 e. The van der Waals surface area contributed by atoms with E-state index in [1.54, 1.807) is 0 Å². The van der Waals surface area contributed by atoms with Crippen molar-refractivity contribution in [2.75, 3.05) is 0 Å². The van der Waals surface area contributed by atoms with Gasteiger partial charge in [0.1, 0.15) is 17.2 Å². The summed E-state index contributed by atoms with van der Waals surface area (Å²) in [5.74, 6) is -0.990. The van der Waals surface area contributed by atoms with Gasteiger partial charge < -0.3 is 4.42 Å². The topological polar surface area (TPSA) is 26.0 Å². The summed E-state index contributed by atoms with van der Waals surface area (Å²) < 4.78 is 32.6. The Morgan fingerprint density at radius 2 is 1.76 bits per heavy atom. The third-order valence-electron chi connectivity index (χ3n) is 3.41. The molecule has 108 valence electrons. The molecule has 0 aliphatic heterocycles. The van der Waals surface area contributed by atoms with E-state index >= 15 is 0 Å². The van der Waals surface area contributed by atoms with E-state index in [1.165, 1.54) is 0 Å². The molecular weight excluding hydrogens is 272 g/mol. The average Bonchev–Trinajstić information content (AvgIpc) is 2.83. The second-order valence-electron chi connectivity index (χ2n) is 6.08. The first kappa shape index (κ1) is 13.7. The number of oxazole rings is 1. The Morgan fingerprint density at radius 3 is 2.48 bits per heavy atom. The predicted octanol–water partition coefficient (Wildman–Crippen LogP) is 5.07. The van der Waals surface area contributed by atoms with Crippen LogP contribution in [0.1, 0.15) is 26.3 Å². The molecule has 0 amide bonds. The van der Waals surface area contributed by atoms with Gasteiger partial charge in [-0.1, -0.05) is 26.8 Å². The largest absolute Gasteiger partial charge is 0.436 e. The fourth-order valence-corrected chi connectivity index (χ4v) is 2.17. The molecule has 0 atom stereocenters. The molecule has 0 aliphatic carbocycles. The lowest BCUT2D eigenvalue weighted by Crippen LogP contribution is -2.10. The first-order valence-electron chi connectivity index (χ1n) is 6.71. The highest BCUT2D eigenvalue weighted by Crippen LogP contribution is 2.30. The molecule has 1 heterocycles. The molecule has 0 unspecified atom stereocenters. The molecule has 0 fully saturated rings. The van der Waals surface area contributed by atoms with E-state index in [0.717, 1.165) is 23.8 Å². The maximum atomic E-state index is 13.8.